The monoisotopic (exact) mass is 267 g/mol. The van der Waals surface area contributed by atoms with Crippen LogP contribution in [-0.2, 0) is 9.63 Å². The lowest BCUT2D eigenvalue weighted by Gasteiger charge is -2.14. The second-order valence-corrected chi connectivity index (χ2v) is 4.71. The van der Waals surface area contributed by atoms with E-state index in [1.807, 2.05) is 12.2 Å². The van der Waals surface area contributed by atoms with Crippen LogP contribution in [0.4, 0.5) is 5.13 Å². The Labute approximate surface area is 108 Å². The molecule has 0 saturated heterocycles. The van der Waals surface area contributed by atoms with Crippen LogP contribution >= 0.6 is 11.3 Å². The quantitative estimate of drug-likeness (QED) is 0.491. The van der Waals surface area contributed by atoms with Crippen molar-refractivity contribution in [2.24, 2.45) is 5.16 Å². The lowest BCUT2D eigenvalue weighted by atomic mass is 10.1. The number of hydrogen-bond donors (Lipinski definition) is 2. The molecule has 0 bridgehead atoms. The third kappa shape index (κ3) is 3.07. The minimum atomic E-state index is -1.18. The highest BCUT2D eigenvalue weighted by atomic mass is 32.1. The number of hydrogen-bond acceptors (Lipinski definition) is 6. The molecule has 1 unspecified atom stereocenters. The molecule has 0 spiro atoms. The summed E-state index contributed by atoms with van der Waals surface area (Å²) in [7, 11) is 0. The van der Waals surface area contributed by atoms with Gasteiger partial charge in [-0.3, -0.25) is 0 Å². The van der Waals surface area contributed by atoms with E-state index < -0.39 is 5.97 Å². The number of aliphatic carboxylic acids is 1. The van der Waals surface area contributed by atoms with Gasteiger partial charge in [0.15, 0.2) is 5.13 Å². The summed E-state index contributed by atoms with van der Waals surface area (Å²) >= 11 is 1.16. The normalized spacial score (nSPS) is 19.8. The first-order valence-electron chi connectivity index (χ1n) is 5.52. The number of nitrogens with zero attached hydrogens (tertiary/aromatic N) is 2. The number of carbonyl (C=O) groups is 1. The highest BCUT2D eigenvalue weighted by molar-refractivity contribution is 7.13. The first-order chi connectivity index (χ1) is 8.66. The predicted molar refractivity (Wildman–Crippen MR) is 68.6 cm³/mol. The molecule has 3 N–H and O–H groups in total. The average molecular weight is 267 g/mol. The Morgan fingerprint density at radius 2 is 2.50 bits per heavy atom. The fourth-order valence-electron chi connectivity index (χ4n) is 1.58. The summed E-state index contributed by atoms with van der Waals surface area (Å²) in [5, 5.41) is 14.6. The van der Waals surface area contributed by atoms with Gasteiger partial charge in [0.05, 0.1) is 0 Å². The van der Waals surface area contributed by atoms with E-state index >= 15 is 0 Å². The molecule has 0 saturated carbocycles. The minimum Gasteiger partial charge on any atom is -0.476 e. The lowest BCUT2D eigenvalue weighted by Crippen LogP contribution is -2.18. The van der Waals surface area contributed by atoms with Gasteiger partial charge < -0.3 is 15.7 Å². The molecule has 1 aliphatic rings. The van der Waals surface area contributed by atoms with Crippen LogP contribution < -0.4 is 5.73 Å². The molecule has 1 aliphatic carbocycles. The Balaban J connectivity index is 2.12. The van der Waals surface area contributed by atoms with Crippen molar-refractivity contribution in [3.63, 3.8) is 0 Å². The third-order valence-corrected chi connectivity index (χ3v) is 3.13. The van der Waals surface area contributed by atoms with Crippen LogP contribution in [0.2, 0.25) is 0 Å². The number of carboxylic acid groups (broad SMARTS) is 1. The molecule has 0 aliphatic heterocycles. The Hall–Kier alpha value is -1.89. The van der Waals surface area contributed by atoms with Crippen molar-refractivity contribution in [2.45, 2.75) is 25.4 Å². The Kier molecular flexibility index (Phi) is 3.93. The standard InChI is InChI=1S/C11H13N3O3S/c12-11-13-8(6-18-11)9(10(15)16)14-17-7-4-2-1-3-5-7/h2,4,6-7H,1,3,5H2,(H2,12,13)(H,15,16). The van der Waals surface area contributed by atoms with E-state index in [2.05, 4.69) is 10.1 Å². The molecule has 1 aromatic heterocycles. The highest BCUT2D eigenvalue weighted by Gasteiger charge is 2.18. The van der Waals surface area contributed by atoms with Crippen LogP contribution in [0.25, 0.3) is 0 Å². The maximum absolute atomic E-state index is 11.1. The highest BCUT2D eigenvalue weighted by Crippen LogP contribution is 2.16. The molecule has 6 nitrogen and oxygen atoms in total. The van der Waals surface area contributed by atoms with E-state index in [1.54, 1.807) is 5.38 Å². The van der Waals surface area contributed by atoms with E-state index in [4.69, 9.17) is 15.7 Å². The number of allylic oxidation sites excluding steroid dienone is 1. The van der Waals surface area contributed by atoms with Crippen molar-refractivity contribution in [3.8, 4) is 0 Å². The number of oxime groups is 1. The molecule has 7 heteroatoms. The zero-order valence-corrected chi connectivity index (χ0v) is 10.4. The summed E-state index contributed by atoms with van der Waals surface area (Å²) in [6, 6.07) is 0. The Morgan fingerprint density at radius 1 is 1.67 bits per heavy atom. The Morgan fingerprint density at radius 3 is 3.06 bits per heavy atom. The first kappa shape index (κ1) is 12.6. The average Bonchev–Trinajstić information content (AvgIpc) is 2.77. The molecular formula is C11H13N3O3S. The van der Waals surface area contributed by atoms with Gasteiger partial charge >= 0.3 is 5.97 Å². The van der Waals surface area contributed by atoms with Crippen LogP contribution in [0.15, 0.2) is 22.7 Å². The number of thiazole rings is 1. The molecule has 0 amide bonds. The summed E-state index contributed by atoms with van der Waals surface area (Å²) in [6.45, 7) is 0. The van der Waals surface area contributed by atoms with Gasteiger partial charge in [-0.15, -0.1) is 11.3 Å². The SMILES string of the molecule is Nc1nc(C(=NOC2C=CCCC2)C(=O)O)cs1. The fourth-order valence-corrected chi connectivity index (χ4v) is 2.13. The van der Waals surface area contributed by atoms with Gasteiger partial charge in [0.2, 0.25) is 5.71 Å². The summed E-state index contributed by atoms with van der Waals surface area (Å²) in [6.07, 6.45) is 6.61. The Bertz CT molecular complexity index is 495. The van der Waals surface area contributed by atoms with Crippen molar-refractivity contribution in [1.82, 2.24) is 4.98 Å². The van der Waals surface area contributed by atoms with Crippen molar-refractivity contribution in [3.05, 3.63) is 23.2 Å². The summed E-state index contributed by atoms with van der Waals surface area (Å²) in [5.74, 6) is -1.18. The van der Waals surface area contributed by atoms with E-state index in [9.17, 15) is 4.79 Å². The first-order valence-corrected chi connectivity index (χ1v) is 6.40. The molecule has 1 aromatic rings. The van der Waals surface area contributed by atoms with E-state index in [0.717, 1.165) is 30.6 Å². The summed E-state index contributed by atoms with van der Waals surface area (Å²) < 4.78 is 0. The van der Waals surface area contributed by atoms with Crippen LogP contribution in [0.3, 0.4) is 0 Å². The molecule has 96 valence electrons. The molecule has 1 heterocycles. The number of rotatable bonds is 4. The van der Waals surface area contributed by atoms with Gasteiger partial charge in [-0.25, -0.2) is 9.78 Å². The fraction of sp³-hybridized carbons (Fsp3) is 0.364. The summed E-state index contributed by atoms with van der Waals surface area (Å²) in [5.41, 5.74) is 5.47. The van der Waals surface area contributed by atoms with E-state index in [-0.39, 0.29) is 17.5 Å². The van der Waals surface area contributed by atoms with Crippen molar-refractivity contribution in [2.75, 3.05) is 5.73 Å². The molecule has 1 atom stereocenters. The van der Waals surface area contributed by atoms with Gasteiger partial charge in [0, 0.05) is 5.38 Å². The van der Waals surface area contributed by atoms with Gasteiger partial charge in [-0.2, -0.15) is 0 Å². The largest absolute Gasteiger partial charge is 0.476 e. The smallest absolute Gasteiger partial charge is 0.360 e. The number of nitrogen functional groups attached to an aromatic ring is 1. The second-order valence-electron chi connectivity index (χ2n) is 3.82. The van der Waals surface area contributed by atoms with Crippen molar-refractivity contribution in [1.29, 1.82) is 0 Å². The lowest BCUT2D eigenvalue weighted by molar-refractivity contribution is -0.129. The third-order valence-electron chi connectivity index (χ3n) is 2.46. The van der Waals surface area contributed by atoms with Crippen molar-refractivity contribution < 1.29 is 14.7 Å². The van der Waals surface area contributed by atoms with Gasteiger partial charge in [0.1, 0.15) is 11.8 Å². The van der Waals surface area contributed by atoms with Gasteiger partial charge in [0.25, 0.3) is 0 Å². The maximum Gasteiger partial charge on any atom is 0.360 e. The predicted octanol–water partition coefficient (Wildman–Crippen LogP) is 1.64. The second kappa shape index (κ2) is 5.63. The van der Waals surface area contributed by atoms with Crippen LogP contribution in [0, 0.1) is 0 Å². The molecule has 0 radical (unpaired) electrons. The van der Waals surface area contributed by atoms with Crippen LogP contribution in [0.1, 0.15) is 25.0 Å². The number of anilines is 1. The van der Waals surface area contributed by atoms with Crippen molar-refractivity contribution >= 4 is 28.1 Å². The number of aromatic nitrogens is 1. The van der Waals surface area contributed by atoms with Crippen LogP contribution in [-0.4, -0.2) is 27.9 Å². The molecular weight excluding hydrogens is 254 g/mol. The maximum atomic E-state index is 11.1. The van der Waals surface area contributed by atoms with E-state index in [1.165, 1.54) is 0 Å². The van der Waals surface area contributed by atoms with Crippen LogP contribution in [0.5, 0.6) is 0 Å². The molecule has 2 rings (SSSR count). The molecule has 18 heavy (non-hydrogen) atoms. The summed E-state index contributed by atoms with van der Waals surface area (Å²) in [4.78, 5) is 20.2. The minimum absolute atomic E-state index is 0.163. The van der Waals surface area contributed by atoms with Gasteiger partial charge in [-0.05, 0) is 25.3 Å². The zero-order chi connectivity index (χ0) is 13.0. The zero-order valence-electron chi connectivity index (χ0n) is 9.57. The topological polar surface area (TPSA) is 97.8 Å². The van der Waals surface area contributed by atoms with E-state index in [0.29, 0.717) is 5.13 Å². The van der Waals surface area contributed by atoms with Gasteiger partial charge in [-0.1, -0.05) is 11.2 Å². The molecule has 0 aromatic carbocycles. The molecule has 0 fully saturated rings. The number of nitrogens with two attached hydrogens (primary N) is 1. The number of carboxylic acids is 1.